The smallest absolute Gasteiger partial charge is 0.311 e. The molecule has 0 N–H and O–H groups in total. The van der Waals surface area contributed by atoms with Gasteiger partial charge in [-0.1, -0.05) is 29.8 Å². The summed E-state index contributed by atoms with van der Waals surface area (Å²) < 4.78 is 24.3. The molecule has 1 saturated heterocycles. The summed E-state index contributed by atoms with van der Waals surface area (Å²) in [4.78, 5) is 12.9. The lowest BCUT2D eigenvalue weighted by Crippen LogP contribution is -2.52. The van der Waals surface area contributed by atoms with E-state index in [0.717, 1.165) is 45.2 Å². The zero-order valence-electron chi connectivity index (χ0n) is 20.9. The third kappa shape index (κ3) is 4.52. The highest BCUT2D eigenvalue weighted by Crippen LogP contribution is 2.54. The molecule has 4 atom stereocenters. The maximum absolute atomic E-state index is 12.9. The first-order valence-corrected chi connectivity index (χ1v) is 12.5. The Morgan fingerprint density at radius 3 is 2.68 bits per heavy atom. The summed E-state index contributed by atoms with van der Waals surface area (Å²) in [6, 6.07) is 10.1. The molecule has 0 aliphatic carbocycles. The molecule has 5 nitrogen and oxygen atoms in total. The number of methoxy groups -OCH3 is 1. The van der Waals surface area contributed by atoms with Gasteiger partial charge in [-0.3, -0.25) is 4.79 Å². The SMILES string of the molecule is CCOc1ccccc1CC[C@H]1O[C@H]2c3c(cc(C)c(Cl)c3C)OC(C)(C)[C@@H]2C[C@H]1C(=O)OC. The second kappa shape index (κ2) is 9.79. The Labute approximate surface area is 207 Å². The van der Waals surface area contributed by atoms with Gasteiger partial charge in [0, 0.05) is 16.5 Å². The van der Waals surface area contributed by atoms with Gasteiger partial charge in [-0.05, 0) is 82.7 Å². The van der Waals surface area contributed by atoms with Crippen molar-refractivity contribution in [1.29, 1.82) is 0 Å². The number of hydrogen-bond donors (Lipinski definition) is 0. The van der Waals surface area contributed by atoms with E-state index < -0.39 is 5.60 Å². The summed E-state index contributed by atoms with van der Waals surface area (Å²) in [7, 11) is 1.44. The molecule has 0 spiro atoms. The van der Waals surface area contributed by atoms with E-state index in [1.54, 1.807) is 0 Å². The number of ether oxygens (including phenoxy) is 4. The monoisotopic (exact) mass is 486 g/mol. The van der Waals surface area contributed by atoms with Gasteiger partial charge >= 0.3 is 5.97 Å². The van der Waals surface area contributed by atoms with Gasteiger partial charge in [-0.2, -0.15) is 0 Å². The van der Waals surface area contributed by atoms with Crippen LogP contribution in [0.3, 0.4) is 0 Å². The Balaban J connectivity index is 1.68. The van der Waals surface area contributed by atoms with Crippen LogP contribution in [0.4, 0.5) is 0 Å². The largest absolute Gasteiger partial charge is 0.494 e. The van der Waals surface area contributed by atoms with E-state index in [1.165, 1.54) is 7.11 Å². The lowest BCUT2D eigenvalue weighted by molar-refractivity contribution is -0.190. The Kier molecular flexibility index (Phi) is 7.16. The molecule has 2 aliphatic heterocycles. The van der Waals surface area contributed by atoms with Crippen LogP contribution in [0, 0.1) is 25.7 Å². The molecule has 1 fully saturated rings. The van der Waals surface area contributed by atoms with E-state index in [4.69, 9.17) is 30.5 Å². The number of carbonyl (C=O) groups excluding carboxylic acids is 1. The van der Waals surface area contributed by atoms with Crippen molar-refractivity contribution in [2.24, 2.45) is 11.8 Å². The number of benzene rings is 2. The molecular formula is C28H35ClO5. The molecule has 0 saturated carbocycles. The molecule has 184 valence electrons. The number of carbonyl (C=O) groups is 1. The summed E-state index contributed by atoms with van der Waals surface area (Å²) in [5.41, 5.74) is 3.59. The number of hydrogen-bond acceptors (Lipinski definition) is 5. The predicted octanol–water partition coefficient (Wildman–Crippen LogP) is 6.39. The number of halogens is 1. The second-order valence-electron chi connectivity index (χ2n) is 9.90. The van der Waals surface area contributed by atoms with E-state index in [1.807, 2.05) is 45.0 Å². The van der Waals surface area contributed by atoms with Crippen LogP contribution >= 0.6 is 11.6 Å². The molecule has 0 radical (unpaired) electrons. The van der Waals surface area contributed by atoms with Gasteiger partial charge in [0.1, 0.15) is 17.1 Å². The summed E-state index contributed by atoms with van der Waals surface area (Å²) in [5.74, 6) is 1.10. The van der Waals surface area contributed by atoms with Crippen molar-refractivity contribution in [1.82, 2.24) is 0 Å². The normalized spacial score (nSPS) is 25.0. The van der Waals surface area contributed by atoms with Gasteiger partial charge in [0.15, 0.2) is 0 Å². The summed E-state index contributed by atoms with van der Waals surface area (Å²) >= 11 is 6.64. The number of fused-ring (bicyclic) bond motifs is 3. The van der Waals surface area contributed by atoms with Crippen LogP contribution in [0.2, 0.25) is 5.02 Å². The first-order chi connectivity index (χ1) is 16.2. The number of para-hydroxylation sites is 1. The average molecular weight is 487 g/mol. The molecule has 6 heteroatoms. The third-order valence-electron chi connectivity index (χ3n) is 7.36. The van der Waals surface area contributed by atoms with Gasteiger partial charge in [-0.25, -0.2) is 0 Å². The van der Waals surface area contributed by atoms with E-state index in [9.17, 15) is 4.79 Å². The maximum atomic E-state index is 12.9. The lowest BCUT2D eigenvalue weighted by Gasteiger charge is -2.51. The Hall–Kier alpha value is -2.24. The third-order valence-corrected chi connectivity index (χ3v) is 7.94. The van der Waals surface area contributed by atoms with Crippen LogP contribution in [0.1, 0.15) is 62.0 Å². The molecule has 34 heavy (non-hydrogen) atoms. The molecule has 4 rings (SSSR count). The van der Waals surface area contributed by atoms with Crippen LogP contribution < -0.4 is 9.47 Å². The van der Waals surface area contributed by atoms with Gasteiger partial charge in [0.05, 0.1) is 31.8 Å². The summed E-state index contributed by atoms with van der Waals surface area (Å²) in [5, 5.41) is 0.738. The minimum absolute atomic E-state index is 0.00599. The highest BCUT2D eigenvalue weighted by atomic mass is 35.5. The van der Waals surface area contributed by atoms with Crippen LogP contribution in [0.25, 0.3) is 0 Å². The standard InChI is InChI=1S/C28H35ClO5/c1-7-32-21-11-9-8-10-18(21)12-13-22-19(27(30)31-6)15-20-26(33-22)24-17(3)25(29)16(2)14-23(24)34-28(20,4)5/h8-11,14,19-20,22,26H,7,12-13,15H2,1-6H3/t19-,20-,22-,26-/m1/s1. The van der Waals surface area contributed by atoms with E-state index in [0.29, 0.717) is 19.4 Å². The average Bonchev–Trinajstić information content (AvgIpc) is 2.81. The molecule has 2 aromatic rings. The fraction of sp³-hybridized carbons (Fsp3) is 0.536. The fourth-order valence-corrected chi connectivity index (χ4v) is 5.71. The predicted molar refractivity (Wildman–Crippen MR) is 133 cm³/mol. The quantitative estimate of drug-likeness (QED) is 0.442. The van der Waals surface area contributed by atoms with Gasteiger partial charge < -0.3 is 18.9 Å². The van der Waals surface area contributed by atoms with Crippen molar-refractivity contribution in [3.63, 3.8) is 0 Å². The molecule has 0 aromatic heterocycles. The van der Waals surface area contributed by atoms with Crippen molar-refractivity contribution < 1.29 is 23.7 Å². The van der Waals surface area contributed by atoms with Gasteiger partial charge in [-0.15, -0.1) is 0 Å². The van der Waals surface area contributed by atoms with Crippen LogP contribution in [-0.4, -0.2) is 31.4 Å². The minimum atomic E-state index is -0.497. The number of esters is 1. The highest BCUT2D eigenvalue weighted by Gasteiger charge is 2.52. The van der Waals surface area contributed by atoms with Crippen molar-refractivity contribution in [3.8, 4) is 11.5 Å². The molecule has 2 aliphatic rings. The van der Waals surface area contributed by atoms with E-state index >= 15 is 0 Å². The zero-order chi connectivity index (χ0) is 24.6. The van der Waals surface area contributed by atoms with E-state index in [-0.39, 0.29) is 30.0 Å². The van der Waals surface area contributed by atoms with Crippen LogP contribution in [-0.2, 0) is 20.7 Å². The molecule has 2 heterocycles. The topological polar surface area (TPSA) is 54.0 Å². The molecule has 0 bridgehead atoms. The molecule has 0 unspecified atom stereocenters. The van der Waals surface area contributed by atoms with Gasteiger partial charge in [0.2, 0.25) is 0 Å². The lowest BCUT2D eigenvalue weighted by atomic mass is 9.70. The van der Waals surface area contributed by atoms with Crippen LogP contribution in [0.15, 0.2) is 30.3 Å². The van der Waals surface area contributed by atoms with Crippen LogP contribution in [0.5, 0.6) is 11.5 Å². The van der Waals surface area contributed by atoms with E-state index in [2.05, 4.69) is 19.9 Å². The summed E-state index contributed by atoms with van der Waals surface area (Å²) in [6.45, 7) is 10.7. The first-order valence-electron chi connectivity index (χ1n) is 12.1. The Morgan fingerprint density at radius 2 is 1.97 bits per heavy atom. The highest BCUT2D eigenvalue weighted by molar-refractivity contribution is 6.32. The summed E-state index contributed by atoms with van der Waals surface area (Å²) in [6.07, 6.45) is 1.57. The van der Waals surface area contributed by atoms with Crippen molar-refractivity contribution in [2.75, 3.05) is 13.7 Å². The Morgan fingerprint density at radius 1 is 1.24 bits per heavy atom. The van der Waals surface area contributed by atoms with Crippen molar-refractivity contribution >= 4 is 17.6 Å². The minimum Gasteiger partial charge on any atom is -0.494 e. The number of rotatable bonds is 6. The molecule has 0 amide bonds. The Bertz CT molecular complexity index is 1060. The maximum Gasteiger partial charge on any atom is 0.311 e. The zero-order valence-corrected chi connectivity index (χ0v) is 21.7. The fourth-order valence-electron chi connectivity index (χ4n) is 5.55. The number of aryl methyl sites for hydroxylation is 2. The van der Waals surface area contributed by atoms with Crippen molar-refractivity contribution in [2.45, 2.75) is 71.7 Å². The van der Waals surface area contributed by atoms with Gasteiger partial charge in [0.25, 0.3) is 0 Å². The molecular weight excluding hydrogens is 452 g/mol. The second-order valence-corrected chi connectivity index (χ2v) is 10.3. The molecule has 2 aromatic carbocycles. The first kappa shape index (κ1) is 24.9. The van der Waals surface area contributed by atoms with Crippen molar-refractivity contribution in [3.05, 3.63) is 57.6 Å².